The van der Waals surface area contributed by atoms with Crippen molar-refractivity contribution in [1.29, 1.82) is 0 Å². The fraction of sp³-hybridized carbons (Fsp3) is 0.591. The van der Waals surface area contributed by atoms with Crippen LogP contribution in [0.3, 0.4) is 0 Å². The average molecular weight is 441 g/mol. The summed E-state index contributed by atoms with van der Waals surface area (Å²) in [5.41, 5.74) is 1.16. The monoisotopic (exact) mass is 441 g/mol. The van der Waals surface area contributed by atoms with Crippen molar-refractivity contribution in [3.63, 3.8) is 0 Å². The molecule has 5 heterocycles. The summed E-state index contributed by atoms with van der Waals surface area (Å²) in [4.78, 5) is 59.5. The highest BCUT2D eigenvalue weighted by atomic mass is 16.5. The van der Waals surface area contributed by atoms with Crippen LogP contribution in [0.15, 0.2) is 12.1 Å². The van der Waals surface area contributed by atoms with E-state index in [1.807, 2.05) is 17.0 Å². The number of fused-ring (bicyclic) bond motifs is 1. The van der Waals surface area contributed by atoms with E-state index in [4.69, 9.17) is 4.74 Å². The lowest BCUT2D eigenvalue weighted by Crippen LogP contribution is -2.52. The predicted octanol–water partition coefficient (Wildman–Crippen LogP) is -0.0822. The summed E-state index contributed by atoms with van der Waals surface area (Å²) < 4.78 is 5.36. The zero-order valence-corrected chi connectivity index (χ0v) is 17.9. The van der Waals surface area contributed by atoms with Crippen LogP contribution in [0.5, 0.6) is 0 Å². The fourth-order valence-electron chi connectivity index (χ4n) is 4.95. The van der Waals surface area contributed by atoms with Crippen molar-refractivity contribution in [2.45, 2.75) is 38.3 Å². The zero-order chi connectivity index (χ0) is 22.2. The molecule has 0 aliphatic carbocycles. The molecule has 1 aromatic heterocycles. The van der Waals surface area contributed by atoms with Gasteiger partial charge in [0.25, 0.3) is 5.91 Å². The van der Waals surface area contributed by atoms with Gasteiger partial charge in [0.15, 0.2) is 0 Å². The molecule has 0 aromatic carbocycles. The van der Waals surface area contributed by atoms with Crippen molar-refractivity contribution in [1.82, 2.24) is 20.1 Å². The number of nitrogens with one attached hydrogen (secondary N) is 1. The number of imide groups is 1. The zero-order valence-electron chi connectivity index (χ0n) is 17.9. The molecule has 32 heavy (non-hydrogen) atoms. The van der Waals surface area contributed by atoms with Crippen LogP contribution in [-0.4, -0.2) is 83.8 Å². The van der Waals surface area contributed by atoms with Gasteiger partial charge in [-0.1, -0.05) is 6.07 Å². The number of piperazine rings is 1. The van der Waals surface area contributed by atoms with Crippen molar-refractivity contribution >= 4 is 29.4 Å². The number of ether oxygens (including phenoxy) is 1. The van der Waals surface area contributed by atoms with Gasteiger partial charge in [-0.3, -0.25) is 24.5 Å². The quantitative estimate of drug-likeness (QED) is 0.653. The summed E-state index contributed by atoms with van der Waals surface area (Å²) >= 11 is 0. The number of hydrogen-bond acceptors (Lipinski definition) is 7. The van der Waals surface area contributed by atoms with E-state index in [1.54, 1.807) is 0 Å². The van der Waals surface area contributed by atoms with E-state index < -0.39 is 11.9 Å². The maximum absolute atomic E-state index is 13.0. The number of piperidine rings is 1. The van der Waals surface area contributed by atoms with Crippen LogP contribution >= 0.6 is 0 Å². The molecule has 0 spiro atoms. The first-order chi connectivity index (χ1) is 15.5. The molecule has 5 rings (SSSR count). The van der Waals surface area contributed by atoms with Crippen LogP contribution in [0.25, 0.3) is 0 Å². The third-order valence-corrected chi connectivity index (χ3v) is 6.84. The van der Waals surface area contributed by atoms with Crippen LogP contribution in [0.2, 0.25) is 0 Å². The maximum Gasteiger partial charge on any atom is 0.273 e. The van der Waals surface area contributed by atoms with Gasteiger partial charge in [-0.15, -0.1) is 0 Å². The lowest BCUT2D eigenvalue weighted by molar-refractivity contribution is -0.139. The van der Waals surface area contributed by atoms with Gasteiger partial charge >= 0.3 is 0 Å². The van der Waals surface area contributed by atoms with Crippen LogP contribution < -0.4 is 10.2 Å². The van der Waals surface area contributed by atoms with Crippen molar-refractivity contribution < 1.29 is 23.9 Å². The minimum Gasteiger partial charge on any atom is -0.381 e. The van der Waals surface area contributed by atoms with Crippen LogP contribution in [0.4, 0.5) is 5.82 Å². The number of anilines is 1. The number of carbonyl (C=O) groups excluding carboxylic acids is 4. The van der Waals surface area contributed by atoms with Gasteiger partial charge < -0.3 is 19.4 Å². The SMILES string of the molecule is O=C1CCC(N2Cc3ccc(N4CCN(C(=O)C5CCOCC5)CC4)nc3C2=O)C(=O)N1. The molecule has 10 nitrogen and oxygen atoms in total. The predicted molar refractivity (Wildman–Crippen MR) is 113 cm³/mol. The first-order valence-corrected chi connectivity index (χ1v) is 11.3. The average Bonchev–Trinajstić information content (AvgIpc) is 3.15. The molecule has 1 atom stereocenters. The third kappa shape index (κ3) is 3.83. The molecule has 1 aromatic rings. The van der Waals surface area contributed by atoms with E-state index in [-0.39, 0.29) is 30.1 Å². The number of hydrogen-bond donors (Lipinski definition) is 1. The second kappa shape index (κ2) is 8.50. The molecule has 4 amide bonds. The Balaban J connectivity index is 1.23. The summed E-state index contributed by atoms with van der Waals surface area (Å²) in [7, 11) is 0. The number of amides is 4. The molecule has 0 bridgehead atoms. The van der Waals surface area contributed by atoms with Crippen LogP contribution in [0.1, 0.15) is 41.7 Å². The van der Waals surface area contributed by atoms with Crippen molar-refractivity contribution in [3.8, 4) is 0 Å². The molecular formula is C22H27N5O5. The lowest BCUT2D eigenvalue weighted by atomic mass is 9.98. The molecular weight excluding hydrogens is 414 g/mol. The van der Waals surface area contributed by atoms with Gasteiger partial charge in [0.1, 0.15) is 17.6 Å². The standard InChI is InChI=1S/C22H27N5O5/c28-18-4-2-16(20(29)24-18)27-13-15-1-3-17(23-19(15)22(27)31)25-7-9-26(10-8-25)21(30)14-5-11-32-12-6-14/h1,3,14,16H,2,4-13H2,(H,24,28,29). The maximum atomic E-state index is 13.0. The van der Waals surface area contributed by atoms with E-state index in [9.17, 15) is 19.2 Å². The topological polar surface area (TPSA) is 112 Å². The minimum absolute atomic E-state index is 0.0595. The molecule has 3 fully saturated rings. The summed E-state index contributed by atoms with van der Waals surface area (Å²) in [6, 6.07) is 3.15. The first kappa shape index (κ1) is 20.9. The lowest BCUT2D eigenvalue weighted by Gasteiger charge is -2.37. The molecule has 0 saturated carbocycles. The Hall–Kier alpha value is -3.01. The summed E-state index contributed by atoms with van der Waals surface area (Å²) in [6.07, 6.45) is 2.14. The van der Waals surface area contributed by atoms with Crippen LogP contribution in [0, 0.1) is 5.92 Å². The van der Waals surface area contributed by atoms with E-state index in [0.29, 0.717) is 63.9 Å². The molecule has 4 aliphatic heterocycles. The summed E-state index contributed by atoms with van der Waals surface area (Å²) in [5.74, 6) is -0.0162. The Morgan fingerprint density at radius 1 is 1.03 bits per heavy atom. The number of nitrogens with zero attached hydrogens (tertiary/aromatic N) is 4. The number of carbonyl (C=O) groups is 4. The summed E-state index contributed by atoms with van der Waals surface area (Å²) in [6.45, 7) is 4.20. The van der Waals surface area contributed by atoms with E-state index in [0.717, 1.165) is 18.4 Å². The second-order valence-electron chi connectivity index (χ2n) is 8.78. The van der Waals surface area contributed by atoms with E-state index in [1.165, 1.54) is 4.90 Å². The Morgan fingerprint density at radius 3 is 2.50 bits per heavy atom. The molecule has 1 unspecified atom stereocenters. The van der Waals surface area contributed by atoms with Crippen molar-refractivity contribution in [3.05, 3.63) is 23.4 Å². The van der Waals surface area contributed by atoms with Gasteiger partial charge in [-0.2, -0.15) is 0 Å². The fourth-order valence-corrected chi connectivity index (χ4v) is 4.95. The second-order valence-corrected chi connectivity index (χ2v) is 8.78. The Kier molecular flexibility index (Phi) is 5.54. The molecule has 0 radical (unpaired) electrons. The number of pyridine rings is 1. The minimum atomic E-state index is -0.641. The molecule has 3 saturated heterocycles. The van der Waals surface area contributed by atoms with Crippen molar-refractivity contribution in [2.24, 2.45) is 5.92 Å². The highest BCUT2D eigenvalue weighted by molar-refractivity contribution is 6.04. The van der Waals surface area contributed by atoms with Gasteiger partial charge in [0, 0.05) is 63.8 Å². The van der Waals surface area contributed by atoms with E-state index in [2.05, 4.69) is 15.2 Å². The normalized spacial score (nSPS) is 24.6. The largest absolute Gasteiger partial charge is 0.381 e. The third-order valence-electron chi connectivity index (χ3n) is 6.84. The molecule has 4 aliphatic rings. The molecule has 1 N–H and O–H groups in total. The highest BCUT2D eigenvalue weighted by Crippen LogP contribution is 2.28. The first-order valence-electron chi connectivity index (χ1n) is 11.3. The number of rotatable bonds is 3. The smallest absolute Gasteiger partial charge is 0.273 e. The van der Waals surface area contributed by atoms with Gasteiger partial charge in [0.05, 0.1) is 0 Å². The summed E-state index contributed by atoms with van der Waals surface area (Å²) in [5, 5.41) is 2.31. The molecule has 10 heteroatoms. The van der Waals surface area contributed by atoms with Gasteiger partial charge in [0.2, 0.25) is 17.7 Å². The molecule has 170 valence electrons. The Bertz CT molecular complexity index is 952. The number of aromatic nitrogens is 1. The van der Waals surface area contributed by atoms with Gasteiger partial charge in [-0.05, 0) is 25.3 Å². The highest BCUT2D eigenvalue weighted by Gasteiger charge is 2.40. The Morgan fingerprint density at radius 2 is 1.78 bits per heavy atom. The van der Waals surface area contributed by atoms with E-state index >= 15 is 0 Å². The van der Waals surface area contributed by atoms with Crippen molar-refractivity contribution in [2.75, 3.05) is 44.3 Å². The van der Waals surface area contributed by atoms with Gasteiger partial charge in [-0.25, -0.2) is 4.98 Å². The Labute approximate surface area is 185 Å². The van der Waals surface area contributed by atoms with Crippen LogP contribution in [-0.2, 0) is 25.7 Å².